The first-order valence-corrected chi connectivity index (χ1v) is 10.6. The van der Waals surface area contributed by atoms with Crippen molar-refractivity contribution in [1.29, 1.82) is 0 Å². The predicted molar refractivity (Wildman–Crippen MR) is 124 cm³/mol. The molecule has 0 amide bonds. The molecule has 0 aromatic heterocycles. The van der Waals surface area contributed by atoms with Crippen molar-refractivity contribution in [3.05, 3.63) is 105 Å². The number of halogens is 2. The lowest BCUT2D eigenvalue weighted by Crippen LogP contribution is -2.00. The highest BCUT2D eigenvalue weighted by molar-refractivity contribution is 6.30. The maximum absolute atomic E-state index is 13.9. The van der Waals surface area contributed by atoms with E-state index >= 15 is 0 Å². The van der Waals surface area contributed by atoms with Crippen LogP contribution in [-0.2, 0) is 12.8 Å². The molecule has 0 heterocycles. The zero-order valence-electron chi connectivity index (χ0n) is 17.3. The van der Waals surface area contributed by atoms with E-state index in [0.29, 0.717) is 22.4 Å². The van der Waals surface area contributed by atoms with Crippen LogP contribution < -0.4 is 0 Å². The highest BCUT2D eigenvalue weighted by atomic mass is 35.5. The van der Waals surface area contributed by atoms with Gasteiger partial charge in [-0.25, -0.2) is 4.39 Å². The van der Waals surface area contributed by atoms with Crippen molar-refractivity contribution >= 4 is 23.8 Å². The Labute approximate surface area is 179 Å². The summed E-state index contributed by atoms with van der Waals surface area (Å²) in [5, 5.41) is 0.410. The molecule has 0 aliphatic carbocycles. The Bertz CT molecular complexity index is 953. The highest BCUT2D eigenvalue weighted by Crippen LogP contribution is 2.23. The van der Waals surface area contributed by atoms with Gasteiger partial charge in [-0.05, 0) is 59.1 Å². The number of hydrogen-bond acceptors (Lipinski definition) is 0. The van der Waals surface area contributed by atoms with Gasteiger partial charge in [0.1, 0.15) is 5.82 Å². The molecule has 3 rings (SSSR count). The largest absolute Gasteiger partial charge is 0.206 e. The second-order valence-corrected chi connectivity index (χ2v) is 8.62. The summed E-state index contributed by atoms with van der Waals surface area (Å²) in [6.45, 7) is 6.78. The molecule has 0 nitrogen and oxygen atoms in total. The van der Waals surface area contributed by atoms with Gasteiger partial charge in [0.25, 0.3) is 0 Å². The van der Waals surface area contributed by atoms with Crippen LogP contribution in [0.3, 0.4) is 0 Å². The fraction of sp³-hybridized carbons (Fsp3) is 0.259. The molecule has 29 heavy (non-hydrogen) atoms. The van der Waals surface area contributed by atoms with Crippen molar-refractivity contribution in [2.45, 2.75) is 39.5 Å². The Hall–Kier alpha value is -2.38. The molecule has 1 unspecified atom stereocenters. The van der Waals surface area contributed by atoms with Crippen molar-refractivity contribution in [2.75, 3.05) is 0 Å². The van der Waals surface area contributed by atoms with Gasteiger partial charge in [0.15, 0.2) is 0 Å². The number of rotatable bonds is 7. The Morgan fingerprint density at radius 3 is 2.03 bits per heavy atom. The van der Waals surface area contributed by atoms with Gasteiger partial charge in [-0.15, -0.1) is 0 Å². The average Bonchev–Trinajstić information content (AvgIpc) is 2.68. The fourth-order valence-electron chi connectivity index (χ4n) is 3.51. The van der Waals surface area contributed by atoms with E-state index in [1.807, 2.05) is 6.08 Å². The Kier molecular flexibility index (Phi) is 7.28. The molecule has 3 aromatic carbocycles. The number of benzene rings is 3. The van der Waals surface area contributed by atoms with Crippen LogP contribution in [0, 0.1) is 11.7 Å². The minimum atomic E-state index is -0.307. The van der Waals surface area contributed by atoms with Gasteiger partial charge in [-0.2, -0.15) is 0 Å². The SMILES string of the molecule is CC(C)Cc1ccc(C(C)Cc2ccc(/C=C/c3ccc(Cl)cc3F)cc2)cc1. The van der Waals surface area contributed by atoms with Crippen molar-refractivity contribution in [1.82, 2.24) is 0 Å². The molecule has 1 atom stereocenters. The molecule has 150 valence electrons. The molecule has 0 aliphatic heterocycles. The summed E-state index contributed by atoms with van der Waals surface area (Å²) in [6, 6.07) is 22.2. The summed E-state index contributed by atoms with van der Waals surface area (Å²) in [6.07, 6.45) is 5.83. The first kappa shape index (κ1) is 21.3. The third kappa shape index (κ3) is 6.30. The van der Waals surface area contributed by atoms with E-state index in [-0.39, 0.29) is 5.82 Å². The van der Waals surface area contributed by atoms with Gasteiger partial charge in [-0.3, -0.25) is 0 Å². The zero-order valence-corrected chi connectivity index (χ0v) is 18.1. The van der Waals surface area contributed by atoms with E-state index in [2.05, 4.69) is 69.3 Å². The zero-order chi connectivity index (χ0) is 20.8. The summed E-state index contributed by atoms with van der Waals surface area (Å²) in [7, 11) is 0. The van der Waals surface area contributed by atoms with Crippen molar-refractivity contribution < 1.29 is 4.39 Å². The lowest BCUT2D eigenvalue weighted by molar-refractivity contribution is 0.625. The minimum absolute atomic E-state index is 0.307. The maximum Gasteiger partial charge on any atom is 0.131 e. The summed E-state index contributed by atoms with van der Waals surface area (Å²) in [5.74, 6) is 0.841. The van der Waals surface area contributed by atoms with Crippen molar-refractivity contribution in [3.8, 4) is 0 Å². The minimum Gasteiger partial charge on any atom is -0.206 e. The monoisotopic (exact) mass is 406 g/mol. The molecule has 0 saturated carbocycles. The van der Waals surface area contributed by atoms with Gasteiger partial charge in [0.05, 0.1) is 0 Å². The molecule has 0 spiro atoms. The molecule has 0 radical (unpaired) electrons. The van der Waals surface area contributed by atoms with Crippen LogP contribution in [0.5, 0.6) is 0 Å². The standard InChI is InChI=1S/C27H28ClF/c1-19(2)16-22-9-11-24(12-10-22)20(3)17-23-6-4-21(5-7-23)8-13-25-14-15-26(28)18-27(25)29/h4-15,18-20H,16-17H2,1-3H3/b13-8+. The Morgan fingerprint density at radius 1 is 0.793 bits per heavy atom. The van der Waals surface area contributed by atoms with Crippen molar-refractivity contribution in [2.24, 2.45) is 5.92 Å². The maximum atomic E-state index is 13.9. The smallest absolute Gasteiger partial charge is 0.131 e. The van der Waals surface area contributed by atoms with Gasteiger partial charge in [0, 0.05) is 10.6 Å². The summed E-state index contributed by atoms with van der Waals surface area (Å²) in [4.78, 5) is 0. The molecule has 0 aliphatic rings. The highest BCUT2D eigenvalue weighted by Gasteiger charge is 2.07. The van der Waals surface area contributed by atoms with Crippen LogP contribution in [0.2, 0.25) is 5.02 Å². The summed E-state index contributed by atoms with van der Waals surface area (Å²) in [5.41, 5.74) is 5.67. The molecule has 0 bridgehead atoms. The van der Waals surface area contributed by atoms with Gasteiger partial charge in [-0.1, -0.05) is 99.1 Å². The molecular formula is C27H28ClF. The summed E-state index contributed by atoms with van der Waals surface area (Å²) < 4.78 is 13.9. The third-order valence-electron chi connectivity index (χ3n) is 5.13. The molecule has 0 fully saturated rings. The van der Waals surface area contributed by atoms with E-state index in [1.54, 1.807) is 18.2 Å². The normalized spacial score (nSPS) is 12.6. The summed E-state index contributed by atoms with van der Waals surface area (Å²) >= 11 is 5.80. The van der Waals surface area contributed by atoms with Crippen LogP contribution in [-0.4, -0.2) is 0 Å². The molecular weight excluding hydrogens is 379 g/mol. The Balaban J connectivity index is 1.61. The molecule has 2 heteroatoms. The quantitative estimate of drug-likeness (QED) is 0.347. The lowest BCUT2D eigenvalue weighted by Gasteiger charge is -2.13. The van der Waals surface area contributed by atoms with Crippen LogP contribution in [0.1, 0.15) is 54.5 Å². The van der Waals surface area contributed by atoms with E-state index in [9.17, 15) is 4.39 Å². The van der Waals surface area contributed by atoms with Crippen LogP contribution >= 0.6 is 11.6 Å². The Morgan fingerprint density at radius 2 is 1.41 bits per heavy atom. The molecule has 0 N–H and O–H groups in total. The van der Waals surface area contributed by atoms with Gasteiger partial charge < -0.3 is 0 Å². The average molecular weight is 407 g/mol. The van der Waals surface area contributed by atoms with Crippen molar-refractivity contribution in [3.63, 3.8) is 0 Å². The lowest BCUT2D eigenvalue weighted by atomic mass is 9.92. The topological polar surface area (TPSA) is 0 Å². The first-order valence-electron chi connectivity index (χ1n) is 10.2. The molecule has 3 aromatic rings. The third-order valence-corrected chi connectivity index (χ3v) is 5.37. The van der Waals surface area contributed by atoms with Crippen LogP contribution in [0.15, 0.2) is 66.7 Å². The van der Waals surface area contributed by atoms with Crippen LogP contribution in [0.25, 0.3) is 12.2 Å². The van der Waals surface area contributed by atoms with E-state index < -0.39 is 0 Å². The van der Waals surface area contributed by atoms with Gasteiger partial charge >= 0.3 is 0 Å². The van der Waals surface area contributed by atoms with E-state index in [0.717, 1.165) is 18.4 Å². The fourth-order valence-corrected chi connectivity index (χ4v) is 3.67. The van der Waals surface area contributed by atoms with E-state index in [1.165, 1.54) is 22.8 Å². The second-order valence-electron chi connectivity index (χ2n) is 8.19. The predicted octanol–water partition coefficient (Wildman–Crippen LogP) is 8.19. The first-order chi connectivity index (χ1) is 13.9. The second kappa shape index (κ2) is 9.89. The van der Waals surface area contributed by atoms with Gasteiger partial charge in [0.2, 0.25) is 0 Å². The van der Waals surface area contributed by atoms with Crippen LogP contribution in [0.4, 0.5) is 4.39 Å². The molecule has 0 saturated heterocycles. The van der Waals surface area contributed by atoms with E-state index in [4.69, 9.17) is 11.6 Å². The number of hydrogen-bond donors (Lipinski definition) is 0.